The van der Waals surface area contributed by atoms with E-state index < -0.39 is 15.8 Å². The molecule has 0 spiro atoms. The summed E-state index contributed by atoms with van der Waals surface area (Å²) in [5.41, 5.74) is 0.397. The molecule has 2 aromatic carbocycles. The molecular weight excluding hydrogens is 412 g/mol. The first-order chi connectivity index (χ1) is 14.4. The number of carbonyl (C=O) groups is 1. The minimum atomic E-state index is -0.568. The van der Waals surface area contributed by atoms with E-state index in [1.807, 2.05) is 6.92 Å². The van der Waals surface area contributed by atoms with Gasteiger partial charge in [-0.3, -0.25) is 25.0 Å². The van der Waals surface area contributed by atoms with Crippen LogP contribution in [0.2, 0.25) is 0 Å². The van der Waals surface area contributed by atoms with E-state index in [2.05, 4.69) is 15.5 Å². The number of para-hydroxylation sites is 2. The molecule has 12 heteroatoms. The first-order valence-electron chi connectivity index (χ1n) is 8.74. The van der Waals surface area contributed by atoms with Gasteiger partial charge in [0.2, 0.25) is 5.91 Å². The molecule has 3 rings (SSSR count). The fourth-order valence-corrected chi connectivity index (χ4v) is 3.51. The predicted octanol–water partition coefficient (Wildman–Crippen LogP) is 3.51. The molecular formula is C18H16N6O5S. The van der Waals surface area contributed by atoms with Gasteiger partial charge in [-0.2, -0.15) is 0 Å². The lowest BCUT2D eigenvalue weighted by Crippen LogP contribution is -2.15. The van der Waals surface area contributed by atoms with Gasteiger partial charge in [-0.15, -0.1) is 10.2 Å². The lowest BCUT2D eigenvalue weighted by molar-refractivity contribution is -0.384. The van der Waals surface area contributed by atoms with Gasteiger partial charge < -0.3 is 9.88 Å². The smallest absolute Gasteiger partial charge is 0.292 e. The summed E-state index contributed by atoms with van der Waals surface area (Å²) in [4.78, 5) is 33.3. The zero-order valence-electron chi connectivity index (χ0n) is 15.7. The Hall–Kier alpha value is -3.80. The number of nitro benzene ring substituents is 2. The van der Waals surface area contributed by atoms with Gasteiger partial charge in [0.1, 0.15) is 5.69 Å². The van der Waals surface area contributed by atoms with Crippen LogP contribution < -0.4 is 5.32 Å². The molecule has 30 heavy (non-hydrogen) atoms. The molecule has 11 nitrogen and oxygen atoms in total. The number of nitrogens with zero attached hydrogens (tertiary/aromatic N) is 5. The lowest BCUT2D eigenvalue weighted by Gasteiger charge is -2.08. The van der Waals surface area contributed by atoms with Gasteiger partial charge in [0.15, 0.2) is 11.0 Å². The van der Waals surface area contributed by atoms with E-state index in [0.29, 0.717) is 23.1 Å². The molecule has 0 fully saturated rings. The molecule has 0 aliphatic carbocycles. The van der Waals surface area contributed by atoms with Crippen LogP contribution in [0.3, 0.4) is 0 Å². The molecule has 0 saturated heterocycles. The molecule has 154 valence electrons. The Balaban J connectivity index is 1.74. The van der Waals surface area contributed by atoms with Gasteiger partial charge >= 0.3 is 0 Å². The molecule has 1 amide bonds. The molecule has 1 N–H and O–H groups in total. The Bertz CT molecular complexity index is 1120. The summed E-state index contributed by atoms with van der Waals surface area (Å²) in [5, 5.41) is 33.2. The third-order valence-electron chi connectivity index (χ3n) is 4.06. The van der Waals surface area contributed by atoms with Crippen molar-refractivity contribution in [1.82, 2.24) is 14.8 Å². The van der Waals surface area contributed by atoms with E-state index in [9.17, 15) is 25.0 Å². The number of carbonyl (C=O) groups excluding carboxylic acids is 1. The highest BCUT2D eigenvalue weighted by Crippen LogP contribution is 2.27. The highest BCUT2D eigenvalue weighted by molar-refractivity contribution is 7.99. The number of hydrogen-bond donors (Lipinski definition) is 1. The fraction of sp³-hybridized carbons (Fsp3) is 0.167. The van der Waals surface area contributed by atoms with Crippen LogP contribution >= 0.6 is 11.8 Å². The minimum absolute atomic E-state index is 0.0425. The maximum absolute atomic E-state index is 12.3. The van der Waals surface area contributed by atoms with Crippen LogP contribution in [0.15, 0.2) is 53.7 Å². The third kappa shape index (κ3) is 4.60. The first kappa shape index (κ1) is 20.9. The average molecular weight is 428 g/mol. The van der Waals surface area contributed by atoms with Crippen molar-refractivity contribution in [2.24, 2.45) is 0 Å². The van der Waals surface area contributed by atoms with Crippen LogP contribution in [-0.2, 0) is 11.3 Å². The van der Waals surface area contributed by atoms with E-state index in [1.165, 1.54) is 30.3 Å². The number of anilines is 1. The van der Waals surface area contributed by atoms with Gasteiger partial charge in [0, 0.05) is 30.3 Å². The second-order valence-electron chi connectivity index (χ2n) is 5.97. The van der Waals surface area contributed by atoms with Crippen molar-refractivity contribution in [1.29, 1.82) is 0 Å². The van der Waals surface area contributed by atoms with Crippen LogP contribution in [0.25, 0.3) is 11.4 Å². The Morgan fingerprint density at radius 2 is 1.87 bits per heavy atom. The monoisotopic (exact) mass is 428 g/mol. The molecule has 0 unspecified atom stereocenters. The normalized spacial score (nSPS) is 10.6. The van der Waals surface area contributed by atoms with Crippen molar-refractivity contribution in [3.63, 3.8) is 0 Å². The van der Waals surface area contributed by atoms with Gasteiger partial charge in [0.05, 0.1) is 15.6 Å². The molecule has 0 bridgehead atoms. The highest BCUT2D eigenvalue weighted by atomic mass is 32.2. The summed E-state index contributed by atoms with van der Waals surface area (Å²) in [5.74, 6) is -0.0290. The van der Waals surface area contributed by atoms with Gasteiger partial charge in [-0.1, -0.05) is 36.0 Å². The molecule has 0 saturated carbocycles. The number of aromatic nitrogens is 3. The summed E-state index contributed by atoms with van der Waals surface area (Å²) in [6, 6.07) is 11.9. The Morgan fingerprint density at radius 3 is 2.57 bits per heavy atom. The van der Waals surface area contributed by atoms with Crippen LogP contribution in [-0.4, -0.2) is 36.3 Å². The summed E-state index contributed by atoms with van der Waals surface area (Å²) >= 11 is 1.11. The third-order valence-corrected chi connectivity index (χ3v) is 5.02. The summed E-state index contributed by atoms with van der Waals surface area (Å²) < 4.78 is 1.74. The predicted molar refractivity (Wildman–Crippen MR) is 110 cm³/mol. The number of nitrogens with one attached hydrogen (secondary N) is 1. The maximum atomic E-state index is 12.3. The second-order valence-corrected chi connectivity index (χ2v) is 6.91. The summed E-state index contributed by atoms with van der Waals surface area (Å²) in [6.45, 7) is 2.35. The largest absolute Gasteiger partial charge is 0.320 e. The number of nitro groups is 2. The molecule has 0 atom stereocenters. The van der Waals surface area contributed by atoms with Crippen LogP contribution in [0.1, 0.15) is 6.92 Å². The first-order valence-corrected chi connectivity index (χ1v) is 9.73. The van der Waals surface area contributed by atoms with Crippen molar-refractivity contribution in [3.05, 3.63) is 68.8 Å². The number of benzene rings is 2. The fourth-order valence-electron chi connectivity index (χ4n) is 2.71. The minimum Gasteiger partial charge on any atom is -0.320 e. The quantitative estimate of drug-likeness (QED) is 0.326. The Kier molecular flexibility index (Phi) is 6.37. The summed E-state index contributed by atoms with van der Waals surface area (Å²) in [6.07, 6.45) is 0. The van der Waals surface area contributed by atoms with Crippen LogP contribution in [0, 0.1) is 20.2 Å². The molecule has 0 aliphatic heterocycles. The SMILES string of the molecule is CCn1c(SCC(=O)Nc2ccccc2[N+](=O)[O-])nnc1-c1cccc([N+](=O)[O-])c1. The maximum Gasteiger partial charge on any atom is 0.292 e. The molecule has 1 aromatic heterocycles. The van der Waals surface area contributed by atoms with Crippen molar-refractivity contribution >= 4 is 34.7 Å². The van der Waals surface area contributed by atoms with Crippen LogP contribution in [0.5, 0.6) is 0 Å². The molecule has 1 heterocycles. The van der Waals surface area contributed by atoms with Gasteiger partial charge in [-0.05, 0) is 13.0 Å². The van der Waals surface area contributed by atoms with E-state index in [-0.39, 0.29) is 22.8 Å². The van der Waals surface area contributed by atoms with E-state index in [4.69, 9.17) is 0 Å². The van der Waals surface area contributed by atoms with Crippen molar-refractivity contribution in [2.45, 2.75) is 18.6 Å². The number of hydrogen-bond acceptors (Lipinski definition) is 8. The standard InChI is InChI=1S/C18H16N6O5S/c1-2-22-17(12-6-5-7-13(10-12)23(26)27)20-21-18(22)30-11-16(25)19-14-8-3-4-9-15(14)24(28)29/h3-10H,2,11H2,1H3,(H,19,25). The Morgan fingerprint density at radius 1 is 1.10 bits per heavy atom. The lowest BCUT2D eigenvalue weighted by atomic mass is 10.2. The molecule has 0 aliphatic rings. The van der Waals surface area contributed by atoms with E-state index >= 15 is 0 Å². The zero-order chi connectivity index (χ0) is 21.7. The number of amides is 1. The molecule has 0 radical (unpaired) electrons. The molecule has 3 aromatic rings. The second kappa shape index (κ2) is 9.13. The van der Waals surface area contributed by atoms with Gasteiger partial charge in [-0.25, -0.2) is 0 Å². The topological polar surface area (TPSA) is 146 Å². The van der Waals surface area contributed by atoms with Crippen molar-refractivity contribution in [3.8, 4) is 11.4 Å². The van der Waals surface area contributed by atoms with Crippen molar-refractivity contribution < 1.29 is 14.6 Å². The number of rotatable bonds is 8. The highest BCUT2D eigenvalue weighted by Gasteiger charge is 2.18. The van der Waals surface area contributed by atoms with Crippen LogP contribution in [0.4, 0.5) is 17.1 Å². The average Bonchev–Trinajstić information content (AvgIpc) is 3.15. The van der Waals surface area contributed by atoms with Gasteiger partial charge in [0.25, 0.3) is 11.4 Å². The van der Waals surface area contributed by atoms with E-state index in [0.717, 1.165) is 11.8 Å². The Labute approximate surface area is 174 Å². The van der Waals surface area contributed by atoms with E-state index in [1.54, 1.807) is 22.8 Å². The van der Waals surface area contributed by atoms with Crippen molar-refractivity contribution in [2.75, 3.05) is 11.1 Å². The number of thioether (sulfide) groups is 1. The summed E-state index contributed by atoms with van der Waals surface area (Å²) in [7, 11) is 0. The zero-order valence-corrected chi connectivity index (χ0v) is 16.5. The number of non-ortho nitro benzene ring substituents is 1.